The Morgan fingerprint density at radius 2 is 2.19 bits per heavy atom. The van der Waals surface area contributed by atoms with E-state index in [1.807, 2.05) is 17.7 Å². The maximum Gasteiger partial charge on any atom is 0.185 e. The number of carbonyl (C=O) groups excluding carboxylic acids is 1. The number of aryl methyl sites for hydroxylation is 1. The van der Waals surface area contributed by atoms with Crippen LogP contribution in [0.15, 0.2) is 10.8 Å². The van der Waals surface area contributed by atoms with E-state index in [9.17, 15) is 15.0 Å². The zero-order valence-electron chi connectivity index (χ0n) is 9.34. The predicted molar refractivity (Wildman–Crippen MR) is 67.8 cm³/mol. The molecule has 0 amide bonds. The molecule has 2 N–H and O–H groups in total. The Labute approximate surface area is 103 Å². The predicted octanol–water partition coefficient (Wildman–Crippen LogP) is 2.12. The monoisotopic (exact) mass is 260 g/mol. The summed E-state index contributed by atoms with van der Waals surface area (Å²) in [7, 11) is 0. The molecule has 16 heavy (non-hydrogen) atoms. The minimum atomic E-state index is -0.848. The van der Waals surface area contributed by atoms with Gasteiger partial charge < -0.3 is 10.2 Å². The first-order valence-corrected chi connectivity index (χ1v) is 6.97. The van der Waals surface area contributed by atoms with Gasteiger partial charge in [-0.25, -0.2) is 0 Å². The van der Waals surface area contributed by atoms with Crippen LogP contribution in [-0.4, -0.2) is 27.2 Å². The van der Waals surface area contributed by atoms with Gasteiger partial charge in [0.15, 0.2) is 5.12 Å². The Bertz CT molecular complexity index is 349. The Morgan fingerprint density at radius 1 is 1.50 bits per heavy atom. The summed E-state index contributed by atoms with van der Waals surface area (Å²) in [4.78, 5) is 10.7. The molecule has 1 rings (SSSR count). The number of thioether (sulfide) groups is 1. The molecular weight excluding hydrogens is 244 g/mol. The Hall–Kier alpha value is -0.360. The Balaban J connectivity index is 2.45. The molecule has 0 radical (unpaired) electrons. The summed E-state index contributed by atoms with van der Waals surface area (Å²) in [5.74, 6) is 0.538. The third-order valence-electron chi connectivity index (χ3n) is 2.30. The second-order valence-electron chi connectivity index (χ2n) is 3.65. The molecule has 0 saturated heterocycles. The van der Waals surface area contributed by atoms with Crippen molar-refractivity contribution in [1.82, 2.24) is 0 Å². The van der Waals surface area contributed by atoms with E-state index < -0.39 is 12.2 Å². The van der Waals surface area contributed by atoms with Crippen LogP contribution in [0.25, 0.3) is 0 Å². The fourth-order valence-corrected chi connectivity index (χ4v) is 2.89. The van der Waals surface area contributed by atoms with Crippen LogP contribution in [0.5, 0.6) is 0 Å². The van der Waals surface area contributed by atoms with Gasteiger partial charge in [-0.2, -0.15) is 11.3 Å². The smallest absolute Gasteiger partial charge is 0.185 e. The maximum atomic E-state index is 10.7. The molecule has 0 fully saturated rings. The van der Waals surface area contributed by atoms with Crippen molar-refractivity contribution in [2.75, 3.05) is 5.75 Å². The Kier molecular flexibility index (Phi) is 5.48. The van der Waals surface area contributed by atoms with Gasteiger partial charge in [0.25, 0.3) is 0 Å². The average molecular weight is 260 g/mol. The van der Waals surface area contributed by atoms with Crippen LogP contribution in [0.1, 0.15) is 30.6 Å². The van der Waals surface area contributed by atoms with E-state index in [1.54, 1.807) is 0 Å². The first kappa shape index (κ1) is 13.7. The topological polar surface area (TPSA) is 57.5 Å². The van der Waals surface area contributed by atoms with Gasteiger partial charge in [-0.05, 0) is 35.2 Å². The minimum absolute atomic E-state index is 0.0356. The molecule has 0 aliphatic rings. The molecule has 0 aromatic carbocycles. The van der Waals surface area contributed by atoms with Crippen molar-refractivity contribution in [3.63, 3.8) is 0 Å². The number of carbonyl (C=O) groups is 1. The molecule has 0 aliphatic carbocycles. The number of thiophene rings is 1. The molecule has 3 nitrogen and oxygen atoms in total. The van der Waals surface area contributed by atoms with E-state index in [1.165, 1.54) is 30.0 Å². The van der Waals surface area contributed by atoms with Crippen LogP contribution in [0.2, 0.25) is 0 Å². The third-order valence-corrected chi connectivity index (χ3v) is 4.02. The summed E-state index contributed by atoms with van der Waals surface area (Å²) in [5.41, 5.74) is 1.78. The van der Waals surface area contributed by atoms with Gasteiger partial charge in [0.2, 0.25) is 0 Å². The van der Waals surface area contributed by atoms with E-state index in [2.05, 4.69) is 0 Å². The van der Waals surface area contributed by atoms with Crippen molar-refractivity contribution in [3.05, 3.63) is 21.9 Å². The van der Waals surface area contributed by atoms with Gasteiger partial charge in [-0.1, -0.05) is 11.8 Å². The number of aliphatic hydroxyl groups is 2. The van der Waals surface area contributed by atoms with Gasteiger partial charge in [0.05, 0.1) is 6.10 Å². The first-order valence-electron chi connectivity index (χ1n) is 5.04. The van der Waals surface area contributed by atoms with E-state index >= 15 is 0 Å². The molecule has 0 aliphatic heterocycles. The minimum Gasteiger partial charge on any atom is -0.390 e. The zero-order valence-corrected chi connectivity index (χ0v) is 11.0. The fourth-order valence-electron chi connectivity index (χ4n) is 1.36. The lowest BCUT2D eigenvalue weighted by molar-refractivity contribution is -0.109. The summed E-state index contributed by atoms with van der Waals surface area (Å²) in [6, 6.07) is 0. The SMILES string of the molecule is CC(=O)SCCC(O)C(O)c1cscc1C. The lowest BCUT2D eigenvalue weighted by Gasteiger charge is -2.17. The van der Waals surface area contributed by atoms with E-state index in [0.29, 0.717) is 12.2 Å². The highest BCUT2D eigenvalue weighted by atomic mass is 32.2. The summed E-state index contributed by atoms with van der Waals surface area (Å²) < 4.78 is 0. The standard InChI is InChI=1S/C11H16O3S2/c1-7-5-15-6-9(7)11(14)10(13)3-4-16-8(2)12/h5-6,10-11,13-14H,3-4H2,1-2H3. The van der Waals surface area contributed by atoms with Gasteiger partial charge in [0.1, 0.15) is 6.10 Å². The molecule has 1 aromatic heterocycles. The van der Waals surface area contributed by atoms with Gasteiger partial charge in [-0.3, -0.25) is 4.79 Å². The average Bonchev–Trinajstić information content (AvgIpc) is 2.62. The highest BCUT2D eigenvalue weighted by Gasteiger charge is 2.20. The highest BCUT2D eigenvalue weighted by Crippen LogP contribution is 2.26. The van der Waals surface area contributed by atoms with Gasteiger partial charge >= 0.3 is 0 Å². The van der Waals surface area contributed by atoms with E-state index in [0.717, 1.165) is 11.1 Å². The molecular formula is C11H16O3S2. The van der Waals surface area contributed by atoms with Crippen LogP contribution in [0.4, 0.5) is 0 Å². The first-order chi connectivity index (χ1) is 7.52. The van der Waals surface area contributed by atoms with Crippen molar-refractivity contribution < 1.29 is 15.0 Å². The number of aliphatic hydroxyl groups excluding tert-OH is 2. The van der Waals surface area contributed by atoms with E-state index in [4.69, 9.17) is 0 Å². The fraction of sp³-hybridized carbons (Fsp3) is 0.545. The maximum absolute atomic E-state index is 10.7. The van der Waals surface area contributed by atoms with Crippen LogP contribution >= 0.6 is 23.1 Å². The molecule has 0 saturated carbocycles. The number of hydrogen-bond acceptors (Lipinski definition) is 5. The molecule has 1 heterocycles. The lowest BCUT2D eigenvalue weighted by Crippen LogP contribution is -2.19. The van der Waals surface area contributed by atoms with Gasteiger partial charge in [0, 0.05) is 12.7 Å². The Morgan fingerprint density at radius 3 is 2.69 bits per heavy atom. The second-order valence-corrected chi connectivity index (χ2v) is 5.67. The number of rotatable bonds is 5. The molecule has 90 valence electrons. The van der Waals surface area contributed by atoms with Crippen LogP contribution < -0.4 is 0 Å². The van der Waals surface area contributed by atoms with Crippen molar-refractivity contribution in [1.29, 1.82) is 0 Å². The summed E-state index contributed by atoms with van der Waals surface area (Å²) in [6.45, 7) is 3.41. The van der Waals surface area contributed by atoms with Crippen molar-refractivity contribution in [2.24, 2.45) is 0 Å². The largest absolute Gasteiger partial charge is 0.390 e. The molecule has 5 heteroatoms. The molecule has 1 aromatic rings. The van der Waals surface area contributed by atoms with Crippen LogP contribution in [0, 0.1) is 6.92 Å². The van der Waals surface area contributed by atoms with Crippen molar-refractivity contribution in [3.8, 4) is 0 Å². The molecule has 2 unspecified atom stereocenters. The summed E-state index contributed by atoms with van der Waals surface area (Å²) in [5, 5.41) is 23.5. The molecule has 0 spiro atoms. The summed E-state index contributed by atoms with van der Waals surface area (Å²) in [6.07, 6.45) is -1.24. The van der Waals surface area contributed by atoms with Gasteiger partial charge in [-0.15, -0.1) is 0 Å². The van der Waals surface area contributed by atoms with Crippen LogP contribution in [-0.2, 0) is 4.79 Å². The van der Waals surface area contributed by atoms with Crippen molar-refractivity contribution >= 4 is 28.2 Å². The second kappa shape index (κ2) is 6.39. The highest BCUT2D eigenvalue weighted by molar-refractivity contribution is 8.13. The zero-order chi connectivity index (χ0) is 12.1. The van der Waals surface area contributed by atoms with E-state index in [-0.39, 0.29) is 5.12 Å². The van der Waals surface area contributed by atoms with Crippen molar-refractivity contribution in [2.45, 2.75) is 32.5 Å². The normalized spacial score (nSPS) is 14.8. The van der Waals surface area contributed by atoms with Crippen LogP contribution in [0.3, 0.4) is 0 Å². The summed E-state index contributed by atoms with van der Waals surface area (Å²) >= 11 is 2.68. The number of hydrogen-bond donors (Lipinski definition) is 2. The lowest BCUT2D eigenvalue weighted by atomic mass is 10.0. The molecule has 2 atom stereocenters. The third kappa shape index (κ3) is 3.90. The molecule has 0 bridgehead atoms. The quantitative estimate of drug-likeness (QED) is 0.851.